The summed E-state index contributed by atoms with van der Waals surface area (Å²) in [6.07, 6.45) is 6.09. The quantitative estimate of drug-likeness (QED) is 0.677. The van der Waals surface area contributed by atoms with Gasteiger partial charge in [0.1, 0.15) is 5.00 Å². The average Bonchev–Trinajstić information content (AvgIpc) is 3.37. The molecular weight excluding hydrogens is 390 g/mol. The molecule has 2 N–H and O–H groups in total. The second-order valence-electron chi connectivity index (χ2n) is 8.90. The molecule has 6 nitrogen and oxygen atoms in total. The lowest BCUT2D eigenvalue weighted by Gasteiger charge is -2.27. The molecule has 4 rings (SSSR count). The number of rotatable bonds is 6. The van der Waals surface area contributed by atoms with Crippen LogP contribution in [0.3, 0.4) is 0 Å². The molecule has 158 valence electrons. The Morgan fingerprint density at radius 2 is 1.90 bits per heavy atom. The van der Waals surface area contributed by atoms with E-state index in [9.17, 15) is 19.5 Å². The molecule has 0 spiro atoms. The molecule has 1 aromatic rings. The van der Waals surface area contributed by atoms with E-state index >= 15 is 0 Å². The largest absolute Gasteiger partial charge is 0.481 e. The standard InChI is InChI=1S/C22H29NO5S/c1-3-8-28-22(27)18-14-7-4-11(2)9-15(14)29-20(18)23-19(24)16-12-5-6-13(10-12)17(16)21(25)26/h11-13,16-17H,3-10H2,1-2H3,(H,23,24)(H,25,26)/t11-,12-,13+,16+,17+/m1/s1. The van der Waals surface area contributed by atoms with E-state index in [2.05, 4.69) is 12.2 Å². The van der Waals surface area contributed by atoms with Crippen molar-refractivity contribution in [2.45, 2.75) is 58.8 Å². The molecule has 1 aromatic heterocycles. The third-order valence-electron chi connectivity index (χ3n) is 6.89. The molecule has 0 aromatic carbocycles. The van der Waals surface area contributed by atoms with Crippen molar-refractivity contribution in [2.75, 3.05) is 11.9 Å². The van der Waals surface area contributed by atoms with Crippen LogP contribution in [0.4, 0.5) is 5.00 Å². The zero-order valence-corrected chi connectivity index (χ0v) is 17.8. The Morgan fingerprint density at radius 3 is 2.59 bits per heavy atom. The number of hydrogen-bond acceptors (Lipinski definition) is 5. The zero-order valence-electron chi connectivity index (χ0n) is 17.0. The van der Waals surface area contributed by atoms with E-state index in [0.29, 0.717) is 23.1 Å². The molecule has 0 unspecified atom stereocenters. The van der Waals surface area contributed by atoms with E-state index in [0.717, 1.165) is 55.4 Å². The lowest BCUT2D eigenvalue weighted by molar-refractivity contribution is -0.148. The van der Waals surface area contributed by atoms with Crippen LogP contribution in [0.25, 0.3) is 0 Å². The van der Waals surface area contributed by atoms with Gasteiger partial charge in [-0.15, -0.1) is 11.3 Å². The molecule has 3 aliphatic rings. The van der Waals surface area contributed by atoms with Gasteiger partial charge in [0, 0.05) is 4.88 Å². The van der Waals surface area contributed by atoms with Crippen LogP contribution in [-0.4, -0.2) is 29.6 Å². The van der Waals surface area contributed by atoms with Crippen molar-refractivity contribution in [2.24, 2.45) is 29.6 Å². The van der Waals surface area contributed by atoms with Crippen molar-refractivity contribution in [1.82, 2.24) is 0 Å². The van der Waals surface area contributed by atoms with E-state index in [1.54, 1.807) is 0 Å². The number of carbonyl (C=O) groups is 3. The Labute approximate surface area is 175 Å². The number of ether oxygens (including phenoxy) is 1. The maximum atomic E-state index is 13.2. The predicted octanol–water partition coefficient (Wildman–Crippen LogP) is 4.13. The molecule has 2 bridgehead atoms. The van der Waals surface area contributed by atoms with E-state index in [1.165, 1.54) is 11.3 Å². The Bertz CT molecular complexity index is 831. The minimum atomic E-state index is -0.876. The number of esters is 1. The highest BCUT2D eigenvalue weighted by molar-refractivity contribution is 7.17. The number of hydrogen-bond donors (Lipinski definition) is 2. The third kappa shape index (κ3) is 3.69. The molecule has 2 saturated carbocycles. The van der Waals surface area contributed by atoms with Gasteiger partial charge in [-0.1, -0.05) is 13.8 Å². The Morgan fingerprint density at radius 1 is 1.17 bits per heavy atom. The van der Waals surface area contributed by atoms with Gasteiger partial charge >= 0.3 is 11.9 Å². The number of amides is 1. The minimum Gasteiger partial charge on any atom is -0.481 e. The first-order valence-corrected chi connectivity index (χ1v) is 11.6. The number of thiophene rings is 1. The number of anilines is 1. The highest BCUT2D eigenvalue weighted by Gasteiger charge is 2.54. The summed E-state index contributed by atoms with van der Waals surface area (Å²) in [6.45, 7) is 4.49. The molecule has 2 fully saturated rings. The molecule has 3 aliphatic carbocycles. The fourth-order valence-corrected chi connectivity index (χ4v) is 6.94. The summed E-state index contributed by atoms with van der Waals surface area (Å²) in [6, 6.07) is 0. The highest BCUT2D eigenvalue weighted by atomic mass is 32.1. The fourth-order valence-electron chi connectivity index (χ4n) is 5.54. The van der Waals surface area contributed by atoms with Gasteiger partial charge in [-0.05, 0) is 68.3 Å². The molecule has 0 aliphatic heterocycles. The topological polar surface area (TPSA) is 92.7 Å². The predicted molar refractivity (Wildman–Crippen MR) is 110 cm³/mol. The van der Waals surface area contributed by atoms with Gasteiger partial charge in [0.15, 0.2) is 0 Å². The fraction of sp³-hybridized carbons (Fsp3) is 0.682. The second-order valence-corrected chi connectivity index (χ2v) is 10.0. The van der Waals surface area contributed by atoms with Crippen LogP contribution in [0.2, 0.25) is 0 Å². The Balaban J connectivity index is 1.61. The van der Waals surface area contributed by atoms with Crippen molar-refractivity contribution in [3.63, 3.8) is 0 Å². The summed E-state index contributed by atoms with van der Waals surface area (Å²) in [4.78, 5) is 38.9. The van der Waals surface area contributed by atoms with Gasteiger partial charge in [-0.25, -0.2) is 4.79 Å². The van der Waals surface area contributed by atoms with Crippen LogP contribution in [0.5, 0.6) is 0 Å². The number of carbonyl (C=O) groups excluding carboxylic acids is 2. The van der Waals surface area contributed by atoms with Gasteiger partial charge in [-0.2, -0.15) is 0 Å². The van der Waals surface area contributed by atoms with E-state index in [1.807, 2.05) is 6.92 Å². The summed E-state index contributed by atoms with van der Waals surface area (Å²) >= 11 is 1.46. The maximum Gasteiger partial charge on any atom is 0.341 e. The van der Waals surface area contributed by atoms with Crippen molar-refractivity contribution < 1.29 is 24.2 Å². The first-order valence-electron chi connectivity index (χ1n) is 10.8. The van der Waals surface area contributed by atoms with Crippen LogP contribution in [0.15, 0.2) is 0 Å². The molecular formula is C22H29NO5S. The summed E-state index contributed by atoms with van der Waals surface area (Å²) in [5.41, 5.74) is 1.50. The smallest absolute Gasteiger partial charge is 0.341 e. The summed E-state index contributed by atoms with van der Waals surface area (Å²) in [5, 5.41) is 13.2. The molecule has 29 heavy (non-hydrogen) atoms. The van der Waals surface area contributed by atoms with E-state index < -0.39 is 17.8 Å². The number of fused-ring (bicyclic) bond motifs is 3. The maximum absolute atomic E-state index is 13.2. The summed E-state index contributed by atoms with van der Waals surface area (Å²) < 4.78 is 5.41. The van der Waals surface area contributed by atoms with Crippen LogP contribution in [0.1, 0.15) is 66.8 Å². The highest BCUT2D eigenvalue weighted by Crippen LogP contribution is 2.53. The van der Waals surface area contributed by atoms with Crippen LogP contribution < -0.4 is 5.32 Å². The lowest BCUT2D eigenvalue weighted by atomic mass is 9.78. The lowest BCUT2D eigenvalue weighted by Crippen LogP contribution is -2.38. The molecule has 0 radical (unpaired) electrons. The zero-order chi connectivity index (χ0) is 20.7. The first-order chi connectivity index (χ1) is 13.9. The number of carboxylic acid groups (broad SMARTS) is 1. The van der Waals surface area contributed by atoms with Crippen molar-refractivity contribution in [3.05, 3.63) is 16.0 Å². The van der Waals surface area contributed by atoms with Gasteiger partial charge < -0.3 is 15.2 Å². The van der Waals surface area contributed by atoms with Crippen molar-refractivity contribution >= 4 is 34.2 Å². The van der Waals surface area contributed by atoms with Gasteiger partial charge in [0.25, 0.3) is 0 Å². The number of carboxylic acids is 1. The SMILES string of the molecule is CCCOC(=O)c1c(NC(=O)[C@H]2[C@@H]3CC[C@@H](C3)[C@@H]2C(=O)O)sc2c1CC[C@@H](C)C2. The van der Waals surface area contributed by atoms with Crippen molar-refractivity contribution in [1.29, 1.82) is 0 Å². The van der Waals surface area contributed by atoms with Crippen LogP contribution >= 0.6 is 11.3 Å². The van der Waals surface area contributed by atoms with Gasteiger partial charge in [0.2, 0.25) is 5.91 Å². The first kappa shape index (κ1) is 20.4. The second kappa shape index (κ2) is 8.09. The van der Waals surface area contributed by atoms with Crippen molar-refractivity contribution in [3.8, 4) is 0 Å². The molecule has 1 amide bonds. The molecule has 0 saturated heterocycles. The Kier molecular flexibility index (Phi) is 5.69. The van der Waals surface area contributed by atoms with E-state index in [4.69, 9.17) is 4.74 Å². The third-order valence-corrected chi connectivity index (χ3v) is 8.06. The minimum absolute atomic E-state index is 0.0969. The van der Waals surface area contributed by atoms with Crippen LogP contribution in [0, 0.1) is 29.6 Å². The Hall–Kier alpha value is -1.89. The molecule has 7 heteroatoms. The summed E-state index contributed by atoms with van der Waals surface area (Å²) in [5.74, 6) is -1.85. The van der Waals surface area contributed by atoms with Gasteiger partial charge in [0.05, 0.1) is 24.0 Å². The summed E-state index contributed by atoms with van der Waals surface area (Å²) in [7, 11) is 0. The normalized spacial score (nSPS) is 30.1. The van der Waals surface area contributed by atoms with Crippen LogP contribution in [-0.2, 0) is 27.2 Å². The van der Waals surface area contributed by atoms with Gasteiger partial charge in [-0.3, -0.25) is 9.59 Å². The molecule has 5 atom stereocenters. The van der Waals surface area contributed by atoms with E-state index in [-0.39, 0.29) is 23.7 Å². The monoisotopic (exact) mass is 419 g/mol. The number of aliphatic carboxylic acids is 1. The average molecular weight is 420 g/mol. The molecule has 1 heterocycles. The number of nitrogens with one attached hydrogen (secondary N) is 1.